The summed E-state index contributed by atoms with van der Waals surface area (Å²) in [5, 5.41) is 1.09. The monoisotopic (exact) mass is 332 g/mol. The van der Waals surface area contributed by atoms with Crippen LogP contribution in [0.3, 0.4) is 0 Å². The molecule has 1 aromatic carbocycles. The van der Waals surface area contributed by atoms with Crippen LogP contribution in [0.5, 0.6) is 0 Å². The lowest BCUT2D eigenvalue weighted by molar-refractivity contribution is 0.570. The number of hydrogen-bond donors (Lipinski definition) is 0. The molecule has 0 aliphatic heterocycles. The summed E-state index contributed by atoms with van der Waals surface area (Å²) in [5.74, 6) is 0. The molecule has 0 N–H and O–H groups in total. The van der Waals surface area contributed by atoms with Crippen molar-refractivity contribution in [1.82, 2.24) is 19.4 Å². The van der Waals surface area contributed by atoms with Crippen LogP contribution in [0.1, 0.15) is 52.8 Å². The van der Waals surface area contributed by atoms with Gasteiger partial charge in [-0.25, -0.2) is 9.97 Å². The number of para-hydroxylation sites is 1. The van der Waals surface area contributed by atoms with Gasteiger partial charge in [0, 0.05) is 16.5 Å². The fraction of sp³-hybridized carbons (Fsp3) is 0.381. The zero-order chi connectivity index (χ0) is 18.0. The average Bonchev–Trinajstić information content (AvgIpc) is 2.90. The van der Waals surface area contributed by atoms with Crippen LogP contribution < -0.4 is 0 Å². The van der Waals surface area contributed by atoms with Crippen molar-refractivity contribution in [2.45, 2.75) is 52.4 Å². The summed E-state index contributed by atoms with van der Waals surface area (Å²) in [4.78, 5) is 14.3. The third-order valence-corrected chi connectivity index (χ3v) is 4.73. The van der Waals surface area contributed by atoms with Gasteiger partial charge in [0.2, 0.25) is 0 Å². The Morgan fingerprint density at radius 1 is 0.920 bits per heavy atom. The Morgan fingerprint density at radius 3 is 2.36 bits per heavy atom. The fourth-order valence-electron chi connectivity index (χ4n) is 3.30. The molecule has 0 spiro atoms. The summed E-state index contributed by atoms with van der Waals surface area (Å²) >= 11 is 0. The van der Waals surface area contributed by atoms with E-state index < -0.39 is 0 Å². The minimum Gasteiger partial charge on any atom is -0.281 e. The van der Waals surface area contributed by atoms with Crippen LogP contribution in [-0.4, -0.2) is 19.4 Å². The van der Waals surface area contributed by atoms with E-state index in [2.05, 4.69) is 70.8 Å². The molecule has 4 aromatic rings. The molecule has 0 radical (unpaired) electrons. The SMILES string of the molecule is CC(C)(C)c1cc2nc3c4cccc(C(C)(C)C)c4ncn3c2cn1. The Hall–Kier alpha value is -2.49. The molecule has 25 heavy (non-hydrogen) atoms. The van der Waals surface area contributed by atoms with Crippen molar-refractivity contribution in [1.29, 1.82) is 0 Å². The van der Waals surface area contributed by atoms with Gasteiger partial charge in [0.05, 0.1) is 22.7 Å². The smallest absolute Gasteiger partial charge is 0.148 e. The maximum absolute atomic E-state index is 4.92. The Balaban J connectivity index is 2.08. The highest BCUT2D eigenvalue weighted by Gasteiger charge is 2.21. The van der Waals surface area contributed by atoms with E-state index >= 15 is 0 Å². The Bertz CT molecular complexity index is 1110. The van der Waals surface area contributed by atoms with Gasteiger partial charge in [-0.2, -0.15) is 0 Å². The van der Waals surface area contributed by atoms with Crippen molar-refractivity contribution in [3.8, 4) is 0 Å². The van der Waals surface area contributed by atoms with Gasteiger partial charge in [-0.3, -0.25) is 9.38 Å². The first-order valence-electron chi connectivity index (χ1n) is 8.73. The lowest BCUT2D eigenvalue weighted by Gasteiger charge is -2.20. The van der Waals surface area contributed by atoms with Crippen LogP contribution in [0.4, 0.5) is 0 Å². The summed E-state index contributed by atoms with van der Waals surface area (Å²) in [7, 11) is 0. The standard InChI is InChI=1S/C21H24N4/c1-20(2,3)14-9-7-8-13-18(14)23-12-25-16-11-22-17(21(4,5)6)10-15(16)24-19(13)25/h7-12H,1-6H3. The largest absolute Gasteiger partial charge is 0.281 e. The van der Waals surface area contributed by atoms with Gasteiger partial charge < -0.3 is 0 Å². The van der Waals surface area contributed by atoms with Gasteiger partial charge in [0.15, 0.2) is 0 Å². The van der Waals surface area contributed by atoms with Crippen LogP contribution in [-0.2, 0) is 10.8 Å². The van der Waals surface area contributed by atoms with Gasteiger partial charge >= 0.3 is 0 Å². The molecule has 0 saturated heterocycles. The second-order valence-electron chi connectivity index (χ2n) is 8.81. The van der Waals surface area contributed by atoms with E-state index in [0.717, 1.165) is 33.3 Å². The summed E-state index contributed by atoms with van der Waals surface area (Å²) in [5.41, 5.74) is 6.28. The van der Waals surface area contributed by atoms with Crippen LogP contribution in [0.15, 0.2) is 36.8 Å². The second-order valence-corrected chi connectivity index (χ2v) is 8.81. The van der Waals surface area contributed by atoms with Gasteiger partial charge in [0.1, 0.15) is 12.0 Å². The summed E-state index contributed by atoms with van der Waals surface area (Å²) in [6, 6.07) is 8.47. The maximum atomic E-state index is 4.92. The fourth-order valence-corrected chi connectivity index (χ4v) is 3.30. The molecule has 0 aliphatic rings. The Kier molecular flexibility index (Phi) is 3.21. The number of hydrogen-bond acceptors (Lipinski definition) is 3. The number of fused-ring (bicyclic) bond motifs is 5. The molecule has 4 nitrogen and oxygen atoms in total. The summed E-state index contributed by atoms with van der Waals surface area (Å²) < 4.78 is 2.05. The number of rotatable bonds is 0. The number of pyridine rings is 1. The third-order valence-electron chi connectivity index (χ3n) is 4.73. The highest BCUT2D eigenvalue weighted by Crippen LogP contribution is 2.31. The Morgan fingerprint density at radius 2 is 1.68 bits per heavy atom. The molecule has 128 valence electrons. The van der Waals surface area contributed by atoms with Crippen LogP contribution in [0.2, 0.25) is 0 Å². The molecule has 0 amide bonds. The molecule has 4 heteroatoms. The average molecular weight is 332 g/mol. The highest BCUT2D eigenvalue weighted by molar-refractivity contribution is 5.97. The van der Waals surface area contributed by atoms with Crippen LogP contribution >= 0.6 is 0 Å². The first-order chi connectivity index (χ1) is 11.7. The minimum atomic E-state index is 0.00368. The molecule has 3 heterocycles. The van der Waals surface area contributed by atoms with Crippen LogP contribution in [0, 0.1) is 0 Å². The first kappa shape index (κ1) is 16.0. The van der Waals surface area contributed by atoms with Crippen LogP contribution in [0.25, 0.3) is 27.6 Å². The third kappa shape index (κ3) is 2.48. The topological polar surface area (TPSA) is 43.1 Å². The number of aromatic nitrogens is 4. The normalized spacial score (nSPS) is 13.2. The molecule has 0 bridgehead atoms. The van der Waals surface area contributed by atoms with Gasteiger partial charge in [-0.15, -0.1) is 0 Å². The molecule has 0 aliphatic carbocycles. The quantitative estimate of drug-likeness (QED) is 0.454. The molecule has 0 fully saturated rings. The first-order valence-corrected chi connectivity index (χ1v) is 8.73. The van der Waals surface area contributed by atoms with E-state index in [4.69, 9.17) is 9.97 Å². The number of benzene rings is 1. The molecular weight excluding hydrogens is 308 g/mol. The van der Waals surface area contributed by atoms with Crippen molar-refractivity contribution >= 4 is 27.6 Å². The minimum absolute atomic E-state index is 0.00368. The maximum Gasteiger partial charge on any atom is 0.148 e. The second kappa shape index (κ2) is 5.01. The zero-order valence-corrected chi connectivity index (χ0v) is 15.8. The van der Waals surface area contributed by atoms with E-state index in [1.54, 1.807) is 0 Å². The Labute approximate surface area is 147 Å². The predicted octanol–water partition coefficient (Wildman–Crippen LogP) is 5.03. The van der Waals surface area contributed by atoms with E-state index in [0.29, 0.717) is 0 Å². The molecule has 3 aromatic heterocycles. The predicted molar refractivity (Wildman–Crippen MR) is 103 cm³/mol. The molecule has 0 atom stereocenters. The number of imidazole rings is 1. The van der Waals surface area contributed by atoms with E-state index in [1.165, 1.54) is 5.56 Å². The number of nitrogens with zero attached hydrogens (tertiary/aromatic N) is 4. The molecule has 0 saturated carbocycles. The molecule has 4 rings (SSSR count). The van der Waals surface area contributed by atoms with Crippen molar-refractivity contribution in [3.05, 3.63) is 48.0 Å². The highest BCUT2D eigenvalue weighted by atomic mass is 15.1. The van der Waals surface area contributed by atoms with Crippen molar-refractivity contribution in [2.75, 3.05) is 0 Å². The van der Waals surface area contributed by atoms with Crippen molar-refractivity contribution in [3.63, 3.8) is 0 Å². The van der Waals surface area contributed by atoms with E-state index in [9.17, 15) is 0 Å². The van der Waals surface area contributed by atoms with E-state index in [1.807, 2.05) is 16.9 Å². The van der Waals surface area contributed by atoms with E-state index in [-0.39, 0.29) is 10.8 Å². The molecular formula is C21H24N4. The summed E-state index contributed by atoms with van der Waals surface area (Å²) in [6.07, 6.45) is 3.79. The summed E-state index contributed by atoms with van der Waals surface area (Å²) in [6.45, 7) is 13.2. The lowest BCUT2D eigenvalue weighted by atomic mass is 9.85. The van der Waals surface area contributed by atoms with Gasteiger partial charge in [0.25, 0.3) is 0 Å². The van der Waals surface area contributed by atoms with Gasteiger partial charge in [-0.05, 0) is 23.1 Å². The van der Waals surface area contributed by atoms with Crippen molar-refractivity contribution < 1.29 is 0 Å². The van der Waals surface area contributed by atoms with Crippen molar-refractivity contribution in [2.24, 2.45) is 0 Å². The lowest BCUT2D eigenvalue weighted by Crippen LogP contribution is -2.13. The zero-order valence-electron chi connectivity index (χ0n) is 15.8. The van der Waals surface area contributed by atoms with Gasteiger partial charge in [-0.1, -0.05) is 53.7 Å². The molecule has 0 unspecified atom stereocenters.